The molecule has 114 valence electrons. The van der Waals surface area contributed by atoms with E-state index in [0.717, 1.165) is 9.50 Å². The van der Waals surface area contributed by atoms with Gasteiger partial charge in [0.2, 0.25) is 0 Å². The van der Waals surface area contributed by atoms with Crippen molar-refractivity contribution in [3.8, 4) is 11.1 Å². The fourth-order valence-electron chi connectivity index (χ4n) is 3.65. The number of rotatable bonds is 1. The topological polar surface area (TPSA) is 0 Å². The van der Waals surface area contributed by atoms with Crippen LogP contribution in [0.2, 0.25) is 5.02 Å². The minimum Gasteiger partial charge on any atom is -0.0843 e. The Bertz CT molecular complexity index is 1210. The molecule has 0 aliphatic heterocycles. The molecule has 0 aliphatic carbocycles. The van der Waals surface area contributed by atoms with Crippen molar-refractivity contribution in [2.24, 2.45) is 0 Å². The van der Waals surface area contributed by atoms with Crippen LogP contribution in [0.5, 0.6) is 0 Å². The smallest absolute Gasteiger partial charge is 0.0406 e. The fraction of sp³-hybridized carbons (Fsp3) is 0. The zero-order chi connectivity index (χ0) is 16.3. The van der Waals surface area contributed by atoms with Crippen molar-refractivity contribution in [1.29, 1.82) is 0 Å². The fourth-order valence-corrected chi connectivity index (χ4v) is 4.24. The maximum atomic E-state index is 6.05. The van der Waals surface area contributed by atoms with Gasteiger partial charge >= 0.3 is 0 Å². The third-order valence-electron chi connectivity index (χ3n) is 4.77. The van der Waals surface area contributed by atoms with Crippen molar-refractivity contribution in [1.82, 2.24) is 0 Å². The zero-order valence-corrected chi connectivity index (χ0v) is 15.0. The van der Waals surface area contributed by atoms with Gasteiger partial charge in [-0.2, -0.15) is 0 Å². The van der Waals surface area contributed by atoms with E-state index in [1.807, 2.05) is 12.1 Å². The Morgan fingerprint density at radius 3 is 1.92 bits per heavy atom. The van der Waals surface area contributed by atoms with Crippen molar-refractivity contribution < 1.29 is 0 Å². The molecule has 5 rings (SSSR count). The van der Waals surface area contributed by atoms with Crippen LogP contribution in [0.4, 0.5) is 0 Å². The van der Waals surface area contributed by atoms with Crippen LogP contribution in [0.1, 0.15) is 0 Å². The van der Waals surface area contributed by atoms with Gasteiger partial charge in [0, 0.05) is 9.50 Å². The van der Waals surface area contributed by atoms with Crippen LogP contribution in [-0.4, -0.2) is 0 Å². The summed E-state index contributed by atoms with van der Waals surface area (Å²) in [5, 5.41) is 8.53. The average molecular weight is 392 g/mol. The summed E-state index contributed by atoms with van der Waals surface area (Å²) in [6.07, 6.45) is 0. The van der Waals surface area contributed by atoms with Gasteiger partial charge in [-0.3, -0.25) is 0 Å². The van der Waals surface area contributed by atoms with Gasteiger partial charge in [0.05, 0.1) is 0 Å². The van der Waals surface area contributed by atoms with Crippen molar-refractivity contribution in [3.05, 3.63) is 82.3 Å². The molecule has 0 amide bonds. The summed E-state index contributed by atoms with van der Waals surface area (Å²) in [6, 6.07) is 25.7. The van der Waals surface area contributed by atoms with Crippen LogP contribution in [-0.2, 0) is 0 Å². The summed E-state index contributed by atoms with van der Waals surface area (Å²) >= 11 is 9.75. The molecule has 5 aromatic rings. The summed E-state index contributed by atoms with van der Waals surface area (Å²) in [7, 11) is 0. The monoisotopic (exact) mass is 390 g/mol. The summed E-state index contributed by atoms with van der Waals surface area (Å²) in [5.41, 5.74) is 2.44. The van der Waals surface area contributed by atoms with E-state index in [1.165, 1.54) is 43.4 Å². The van der Waals surface area contributed by atoms with Gasteiger partial charge in [-0.15, -0.1) is 0 Å². The number of halogens is 2. The van der Waals surface area contributed by atoms with E-state index in [4.69, 9.17) is 11.6 Å². The molecular formula is C22H12BrCl. The predicted molar refractivity (Wildman–Crippen MR) is 108 cm³/mol. The molecule has 0 saturated carbocycles. The SMILES string of the molecule is Clc1ccc(-c2ccc3ccc4ccc(Br)c5ccc2c3c45)cc1. The van der Waals surface area contributed by atoms with Gasteiger partial charge < -0.3 is 0 Å². The van der Waals surface area contributed by atoms with Gasteiger partial charge in [0.25, 0.3) is 0 Å². The van der Waals surface area contributed by atoms with Gasteiger partial charge in [-0.25, -0.2) is 0 Å². The Morgan fingerprint density at radius 1 is 0.583 bits per heavy atom. The molecule has 0 saturated heterocycles. The average Bonchev–Trinajstić information content (AvgIpc) is 2.62. The minimum absolute atomic E-state index is 0.764. The van der Waals surface area contributed by atoms with Crippen molar-refractivity contribution in [2.75, 3.05) is 0 Å². The minimum atomic E-state index is 0.764. The van der Waals surface area contributed by atoms with Crippen LogP contribution in [0.25, 0.3) is 43.4 Å². The van der Waals surface area contributed by atoms with Crippen LogP contribution >= 0.6 is 27.5 Å². The Balaban J connectivity index is 1.97. The van der Waals surface area contributed by atoms with Crippen LogP contribution in [0, 0.1) is 0 Å². The maximum Gasteiger partial charge on any atom is 0.0406 e. The van der Waals surface area contributed by atoms with E-state index >= 15 is 0 Å². The first-order chi connectivity index (χ1) is 11.7. The Labute approximate surface area is 153 Å². The van der Waals surface area contributed by atoms with E-state index in [9.17, 15) is 0 Å². The second-order valence-corrected chi connectivity index (χ2v) is 7.38. The van der Waals surface area contributed by atoms with Crippen LogP contribution in [0.15, 0.2) is 77.3 Å². The van der Waals surface area contributed by atoms with Gasteiger partial charge in [-0.05, 0) is 61.6 Å². The molecule has 0 fully saturated rings. The first-order valence-electron chi connectivity index (χ1n) is 7.84. The molecule has 0 aromatic heterocycles. The number of hydrogen-bond acceptors (Lipinski definition) is 0. The molecule has 0 atom stereocenters. The predicted octanol–water partition coefficient (Wildman–Crippen LogP) is 7.67. The zero-order valence-electron chi connectivity index (χ0n) is 12.7. The Kier molecular flexibility index (Phi) is 3.09. The molecule has 0 aliphatic rings. The lowest BCUT2D eigenvalue weighted by atomic mass is 9.90. The van der Waals surface area contributed by atoms with Crippen molar-refractivity contribution in [3.63, 3.8) is 0 Å². The molecule has 5 aromatic carbocycles. The molecule has 0 heterocycles. The molecule has 0 unspecified atom stereocenters. The summed E-state index contributed by atoms with van der Waals surface area (Å²) in [5.74, 6) is 0. The maximum absolute atomic E-state index is 6.05. The molecule has 0 bridgehead atoms. The van der Waals surface area contributed by atoms with E-state index in [-0.39, 0.29) is 0 Å². The molecule has 0 N–H and O–H groups in total. The quantitative estimate of drug-likeness (QED) is 0.257. The van der Waals surface area contributed by atoms with Gasteiger partial charge in [-0.1, -0.05) is 82.1 Å². The summed E-state index contributed by atoms with van der Waals surface area (Å²) in [6.45, 7) is 0. The summed E-state index contributed by atoms with van der Waals surface area (Å²) < 4.78 is 1.14. The first kappa shape index (κ1) is 14.3. The van der Waals surface area contributed by atoms with Gasteiger partial charge in [0.15, 0.2) is 0 Å². The number of hydrogen-bond donors (Lipinski definition) is 0. The van der Waals surface area contributed by atoms with Crippen molar-refractivity contribution >= 4 is 59.8 Å². The van der Waals surface area contributed by atoms with Crippen molar-refractivity contribution in [2.45, 2.75) is 0 Å². The van der Waals surface area contributed by atoms with E-state index in [2.05, 4.69) is 76.6 Å². The third kappa shape index (κ3) is 1.98. The highest BCUT2D eigenvalue weighted by Gasteiger charge is 2.13. The van der Waals surface area contributed by atoms with E-state index < -0.39 is 0 Å². The van der Waals surface area contributed by atoms with Crippen LogP contribution < -0.4 is 0 Å². The van der Waals surface area contributed by atoms with Gasteiger partial charge in [0.1, 0.15) is 0 Å². The standard InChI is InChI=1S/C22H12BrCl/c23-20-12-6-15-2-1-14-5-9-17(13-3-7-16(24)8-4-13)18-10-11-19(20)22(15)21(14)18/h1-12H. The highest BCUT2D eigenvalue weighted by atomic mass is 79.9. The van der Waals surface area contributed by atoms with E-state index in [0.29, 0.717) is 0 Å². The Morgan fingerprint density at radius 2 is 1.17 bits per heavy atom. The lowest BCUT2D eigenvalue weighted by molar-refractivity contribution is 1.66. The lowest BCUT2D eigenvalue weighted by Crippen LogP contribution is -1.87. The second-order valence-electron chi connectivity index (χ2n) is 6.09. The lowest BCUT2D eigenvalue weighted by Gasteiger charge is -2.15. The molecule has 0 nitrogen and oxygen atoms in total. The molecule has 0 radical (unpaired) electrons. The highest BCUT2D eigenvalue weighted by molar-refractivity contribution is 9.10. The number of benzene rings is 5. The Hall–Kier alpha value is -2.09. The molecular weight excluding hydrogens is 380 g/mol. The van der Waals surface area contributed by atoms with Crippen LogP contribution in [0.3, 0.4) is 0 Å². The van der Waals surface area contributed by atoms with E-state index in [1.54, 1.807) is 0 Å². The normalized spacial score (nSPS) is 11.8. The third-order valence-corrected chi connectivity index (χ3v) is 5.71. The summed E-state index contributed by atoms with van der Waals surface area (Å²) in [4.78, 5) is 0. The highest BCUT2D eigenvalue weighted by Crippen LogP contribution is 2.41. The first-order valence-corrected chi connectivity index (χ1v) is 9.01. The molecule has 2 heteroatoms. The molecule has 0 spiro atoms. The molecule has 24 heavy (non-hydrogen) atoms. The second kappa shape index (κ2) is 5.20. The largest absolute Gasteiger partial charge is 0.0843 e.